The number of aryl methyl sites for hydroxylation is 1. The van der Waals surface area contributed by atoms with Crippen LogP contribution in [-0.2, 0) is 18.3 Å². The van der Waals surface area contributed by atoms with Gasteiger partial charge in [-0.05, 0) is 24.5 Å². The Kier molecular flexibility index (Phi) is 5.35. The van der Waals surface area contributed by atoms with Crippen molar-refractivity contribution in [3.63, 3.8) is 0 Å². The fourth-order valence-corrected chi connectivity index (χ4v) is 5.64. The Morgan fingerprint density at radius 3 is 2.31 bits per heavy atom. The Labute approximate surface area is 174 Å². The van der Waals surface area contributed by atoms with Crippen molar-refractivity contribution in [2.75, 3.05) is 39.3 Å². The summed E-state index contributed by atoms with van der Waals surface area (Å²) in [6, 6.07) is 9.77. The lowest BCUT2D eigenvalue weighted by Crippen LogP contribution is -2.65. The van der Waals surface area contributed by atoms with Gasteiger partial charge in [0.15, 0.2) is 0 Å². The van der Waals surface area contributed by atoms with E-state index >= 15 is 0 Å². The lowest BCUT2D eigenvalue weighted by atomic mass is 9.93. The molecule has 0 spiro atoms. The van der Waals surface area contributed by atoms with Crippen molar-refractivity contribution in [3.05, 3.63) is 36.0 Å². The molecule has 1 amide bonds. The zero-order valence-corrected chi connectivity index (χ0v) is 17.7. The van der Waals surface area contributed by atoms with Crippen molar-refractivity contribution >= 4 is 16.8 Å². The standard InChI is InChI=1S/C24H34N4O/c1-25-16-19(22-9-5-6-10-23(22)25)15-24(29)28-17-21(18-28)27-13-11-26(12-14-27)20-7-3-2-4-8-20/h5-6,9-10,16,20-21H,2-4,7-8,11-15,17-18H2,1H3. The fraction of sp³-hybridized carbons (Fsp3) is 0.625. The van der Waals surface area contributed by atoms with Gasteiger partial charge in [0.25, 0.3) is 0 Å². The zero-order valence-electron chi connectivity index (χ0n) is 17.7. The van der Waals surface area contributed by atoms with Crippen LogP contribution >= 0.6 is 0 Å². The summed E-state index contributed by atoms with van der Waals surface area (Å²) < 4.78 is 2.13. The highest BCUT2D eigenvalue weighted by molar-refractivity contribution is 5.89. The number of fused-ring (bicyclic) bond motifs is 1. The summed E-state index contributed by atoms with van der Waals surface area (Å²) in [5, 5.41) is 1.21. The minimum atomic E-state index is 0.276. The molecule has 2 aliphatic heterocycles. The third-order valence-corrected chi connectivity index (χ3v) is 7.49. The van der Waals surface area contributed by atoms with Crippen LogP contribution in [0.15, 0.2) is 30.5 Å². The fourth-order valence-electron chi connectivity index (χ4n) is 5.64. The minimum absolute atomic E-state index is 0.276. The number of hydrogen-bond acceptors (Lipinski definition) is 3. The molecule has 5 heteroatoms. The number of hydrogen-bond donors (Lipinski definition) is 0. The summed E-state index contributed by atoms with van der Waals surface area (Å²) in [4.78, 5) is 20.2. The largest absolute Gasteiger partial charge is 0.350 e. The number of carbonyl (C=O) groups excluding carboxylic acids is 1. The van der Waals surface area contributed by atoms with Gasteiger partial charge in [0.05, 0.1) is 6.42 Å². The lowest BCUT2D eigenvalue weighted by molar-refractivity contribution is -0.138. The number of amides is 1. The molecule has 0 atom stereocenters. The van der Waals surface area contributed by atoms with Gasteiger partial charge in [0, 0.05) is 75.5 Å². The predicted molar refractivity (Wildman–Crippen MR) is 117 cm³/mol. The van der Waals surface area contributed by atoms with Crippen molar-refractivity contribution < 1.29 is 4.79 Å². The van der Waals surface area contributed by atoms with Crippen molar-refractivity contribution in [2.45, 2.75) is 50.6 Å². The molecule has 0 radical (unpaired) electrons. The van der Waals surface area contributed by atoms with Gasteiger partial charge in [-0.3, -0.25) is 14.6 Å². The summed E-state index contributed by atoms with van der Waals surface area (Å²) >= 11 is 0. The third kappa shape index (κ3) is 3.82. The number of rotatable bonds is 4. The molecule has 0 unspecified atom stereocenters. The molecule has 29 heavy (non-hydrogen) atoms. The van der Waals surface area contributed by atoms with Crippen LogP contribution in [0.5, 0.6) is 0 Å². The first-order valence-electron chi connectivity index (χ1n) is 11.5. The quantitative estimate of drug-likeness (QED) is 0.799. The summed E-state index contributed by atoms with van der Waals surface area (Å²) in [6.45, 7) is 6.59. The Morgan fingerprint density at radius 1 is 0.931 bits per heavy atom. The molecular formula is C24H34N4O. The van der Waals surface area contributed by atoms with E-state index in [-0.39, 0.29) is 5.91 Å². The van der Waals surface area contributed by atoms with E-state index < -0.39 is 0 Å². The first-order chi connectivity index (χ1) is 14.2. The molecule has 156 valence electrons. The van der Waals surface area contributed by atoms with E-state index in [9.17, 15) is 4.79 Å². The summed E-state index contributed by atoms with van der Waals surface area (Å²) in [7, 11) is 2.06. The number of para-hydroxylation sites is 1. The number of benzene rings is 1. The highest BCUT2D eigenvalue weighted by Gasteiger charge is 2.37. The van der Waals surface area contributed by atoms with Crippen molar-refractivity contribution in [2.24, 2.45) is 7.05 Å². The summed E-state index contributed by atoms with van der Waals surface area (Å²) in [5.41, 5.74) is 2.35. The third-order valence-electron chi connectivity index (χ3n) is 7.49. The molecule has 2 saturated heterocycles. The van der Waals surface area contributed by atoms with Crippen LogP contribution < -0.4 is 0 Å². The molecule has 0 N–H and O–H groups in total. The average molecular weight is 395 g/mol. The van der Waals surface area contributed by atoms with E-state index in [0.717, 1.165) is 24.7 Å². The molecule has 0 bridgehead atoms. The molecule has 2 aromatic rings. The van der Waals surface area contributed by atoms with Gasteiger partial charge in [-0.25, -0.2) is 0 Å². The number of piperazine rings is 1. The van der Waals surface area contributed by atoms with Crippen LogP contribution in [-0.4, -0.2) is 76.5 Å². The molecule has 3 fully saturated rings. The normalized spacial score (nSPS) is 22.9. The number of aromatic nitrogens is 1. The Hall–Kier alpha value is -1.85. The smallest absolute Gasteiger partial charge is 0.227 e. The van der Waals surface area contributed by atoms with Crippen LogP contribution in [0, 0.1) is 0 Å². The van der Waals surface area contributed by atoms with Crippen molar-refractivity contribution in [1.29, 1.82) is 0 Å². The molecule has 1 aliphatic carbocycles. The number of carbonyl (C=O) groups is 1. The Balaban J connectivity index is 1.11. The highest BCUT2D eigenvalue weighted by atomic mass is 16.2. The van der Waals surface area contributed by atoms with Gasteiger partial charge in [-0.2, -0.15) is 0 Å². The van der Waals surface area contributed by atoms with E-state index in [1.54, 1.807) is 0 Å². The van der Waals surface area contributed by atoms with Crippen molar-refractivity contribution in [3.8, 4) is 0 Å². The summed E-state index contributed by atoms with van der Waals surface area (Å²) in [5.74, 6) is 0.276. The number of likely N-dealkylation sites (tertiary alicyclic amines) is 1. The average Bonchev–Trinajstić information content (AvgIpc) is 3.04. The zero-order chi connectivity index (χ0) is 19.8. The van der Waals surface area contributed by atoms with E-state index in [0.29, 0.717) is 12.5 Å². The molecule has 1 aromatic heterocycles. The SMILES string of the molecule is Cn1cc(CC(=O)N2CC(N3CCN(C4CCCCC4)CC3)C2)c2ccccc21. The second-order valence-electron chi connectivity index (χ2n) is 9.28. The second-order valence-corrected chi connectivity index (χ2v) is 9.28. The maximum atomic E-state index is 12.8. The Morgan fingerprint density at radius 2 is 1.59 bits per heavy atom. The van der Waals surface area contributed by atoms with Crippen LogP contribution in [0.25, 0.3) is 10.9 Å². The molecule has 5 nitrogen and oxygen atoms in total. The van der Waals surface area contributed by atoms with Gasteiger partial charge < -0.3 is 9.47 Å². The molecule has 1 aromatic carbocycles. The van der Waals surface area contributed by atoms with E-state index in [1.165, 1.54) is 69.2 Å². The Bertz CT molecular complexity index is 855. The van der Waals surface area contributed by atoms with Gasteiger partial charge in [0.1, 0.15) is 0 Å². The predicted octanol–water partition coefficient (Wildman–Crippen LogP) is 2.88. The molecular weight excluding hydrogens is 360 g/mol. The van der Waals surface area contributed by atoms with Gasteiger partial charge in [0.2, 0.25) is 5.91 Å². The maximum Gasteiger partial charge on any atom is 0.227 e. The minimum Gasteiger partial charge on any atom is -0.350 e. The van der Waals surface area contributed by atoms with Crippen LogP contribution in [0.2, 0.25) is 0 Å². The monoisotopic (exact) mass is 394 g/mol. The molecule has 3 heterocycles. The van der Waals surface area contributed by atoms with Gasteiger partial charge >= 0.3 is 0 Å². The second kappa shape index (κ2) is 8.11. The van der Waals surface area contributed by atoms with Gasteiger partial charge in [-0.15, -0.1) is 0 Å². The van der Waals surface area contributed by atoms with Crippen LogP contribution in [0.1, 0.15) is 37.7 Å². The number of nitrogens with zero attached hydrogens (tertiary/aromatic N) is 4. The first-order valence-corrected chi connectivity index (χ1v) is 11.5. The molecule has 1 saturated carbocycles. The topological polar surface area (TPSA) is 31.7 Å². The van der Waals surface area contributed by atoms with Crippen molar-refractivity contribution in [1.82, 2.24) is 19.3 Å². The van der Waals surface area contributed by atoms with E-state index in [1.807, 2.05) is 0 Å². The van der Waals surface area contributed by atoms with E-state index in [2.05, 4.69) is 56.8 Å². The van der Waals surface area contributed by atoms with E-state index in [4.69, 9.17) is 0 Å². The first kappa shape index (κ1) is 19.1. The molecule has 3 aliphatic rings. The maximum absolute atomic E-state index is 12.8. The summed E-state index contributed by atoms with van der Waals surface area (Å²) in [6.07, 6.45) is 9.71. The van der Waals surface area contributed by atoms with Crippen LogP contribution in [0.4, 0.5) is 0 Å². The highest BCUT2D eigenvalue weighted by Crippen LogP contribution is 2.26. The van der Waals surface area contributed by atoms with Crippen LogP contribution in [0.3, 0.4) is 0 Å². The lowest BCUT2D eigenvalue weighted by Gasteiger charge is -2.49. The van der Waals surface area contributed by atoms with Gasteiger partial charge in [-0.1, -0.05) is 37.5 Å². The molecule has 5 rings (SSSR count).